The van der Waals surface area contributed by atoms with Gasteiger partial charge < -0.3 is 10.7 Å². The van der Waals surface area contributed by atoms with E-state index in [4.69, 9.17) is 5.73 Å². The molecule has 0 spiro atoms. The Morgan fingerprint density at radius 3 is 3.06 bits per heavy atom. The molecular formula is C10H10N6S. The van der Waals surface area contributed by atoms with E-state index in [1.54, 1.807) is 12.4 Å². The van der Waals surface area contributed by atoms with Crippen LogP contribution >= 0.6 is 11.8 Å². The first kappa shape index (κ1) is 10.2. The number of hydrogen-bond acceptors (Lipinski definition) is 5. The van der Waals surface area contributed by atoms with Gasteiger partial charge in [-0.05, 0) is 6.26 Å². The van der Waals surface area contributed by atoms with Crippen molar-refractivity contribution in [1.82, 2.24) is 24.3 Å². The molecule has 0 saturated carbocycles. The Labute approximate surface area is 101 Å². The fourth-order valence-electron chi connectivity index (χ4n) is 1.62. The van der Waals surface area contributed by atoms with Crippen LogP contribution in [0.25, 0.3) is 17.2 Å². The first-order valence-corrected chi connectivity index (χ1v) is 6.19. The van der Waals surface area contributed by atoms with Crippen LogP contribution in [0.5, 0.6) is 0 Å². The van der Waals surface area contributed by atoms with Crippen LogP contribution in [0.4, 0.5) is 5.69 Å². The maximum Gasteiger partial charge on any atom is 0.211 e. The van der Waals surface area contributed by atoms with Crippen molar-refractivity contribution in [2.75, 3.05) is 12.0 Å². The van der Waals surface area contributed by atoms with E-state index in [0.29, 0.717) is 16.5 Å². The van der Waals surface area contributed by atoms with Crippen molar-refractivity contribution in [1.29, 1.82) is 0 Å². The molecule has 3 aromatic rings. The normalized spacial score (nSPS) is 11.1. The van der Waals surface area contributed by atoms with Gasteiger partial charge in [0.1, 0.15) is 5.69 Å². The van der Waals surface area contributed by atoms with Gasteiger partial charge in [-0.15, -0.1) is 0 Å². The number of nitrogens with one attached hydrogen (secondary N) is 1. The molecule has 0 radical (unpaired) electrons. The van der Waals surface area contributed by atoms with Gasteiger partial charge in [0.25, 0.3) is 0 Å². The van der Waals surface area contributed by atoms with Crippen molar-refractivity contribution < 1.29 is 0 Å². The first-order valence-electron chi connectivity index (χ1n) is 4.96. The summed E-state index contributed by atoms with van der Waals surface area (Å²) in [5.74, 6) is 0.767. The van der Waals surface area contributed by atoms with Crippen LogP contribution in [0.1, 0.15) is 0 Å². The van der Waals surface area contributed by atoms with Crippen molar-refractivity contribution in [3.8, 4) is 11.4 Å². The lowest BCUT2D eigenvalue weighted by Crippen LogP contribution is -1.97. The number of fused-ring (bicyclic) bond motifs is 1. The Kier molecular flexibility index (Phi) is 2.25. The number of anilines is 1. The number of rotatable bonds is 2. The molecule has 86 valence electrons. The van der Waals surface area contributed by atoms with E-state index in [1.165, 1.54) is 11.8 Å². The zero-order valence-corrected chi connectivity index (χ0v) is 9.90. The zero-order valence-electron chi connectivity index (χ0n) is 9.08. The van der Waals surface area contributed by atoms with Crippen LogP contribution < -0.4 is 5.73 Å². The van der Waals surface area contributed by atoms with Gasteiger partial charge in [-0.3, -0.25) is 4.40 Å². The summed E-state index contributed by atoms with van der Waals surface area (Å²) < 4.78 is 1.88. The van der Waals surface area contributed by atoms with Crippen molar-refractivity contribution in [3.63, 3.8) is 0 Å². The molecule has 3 heterocycles. The molecule has 0 unspecified atom stereocenters. The topological polar surface area (TPSA) is 84.9 Å². The van der Waals surface area contributed by atoms with Gasteiger partial charge in [-0.2, -0.15) is 0 Å². The molecule has 0 saturated heterocycles. The van der Waals surface area contributed by atoms with E-state index in [0.717, 1.165) is 11.5 Å². The van der Waals surface area contributed by atoms with Crippen molar-refractivity contribution >= 4 is 23.2 Å². The number of hydrogen-bond donors (Lipinski definition) is 2. The van der Waals surface area contributed by atoms with Crippen LogP contribution in [0, 0.1) is 0 Å². The lowest BCUT2D eigenvalue weighted by atomic mass is 10.3. The SMILES string of the molecule is CSc1ncc(N)c(-c2cn3ccnc3[nH]2)n1. The summed E-state index contributed by atoms with van der Waals surface area (Å²) in [6.07, 6.45) is 9.05. The molecule has 3 N–H and O–H groups in total. The lowest BCUT2D eigenvalue weighted by molar-refractivity contribution is 0.976. The molecule has 0 amide bonds. The smallest absolute Gasteiger partial charge is 0.211 e. The third kappa shape index (κ3) is 1.64. The summed E-state index contributed by atoms with van der Waals surface area (Å²) in [6.45, 7) is 0. The minimum absolute atomic E-state index is 0.548. The number of thioether (sulfide) groups is 1. The minimum Gasteiger partial charge on any atom is -0.396 e. The van der Waals surface area contributed by atoms with Gasteiger partial charge in [0.05, 0.1) is 17.6 Å². The van der Waals surface area contributed by atoms with Crippen molar-refractivity contribution in [2.45, 2.75) is 5.16 Å². The highest BCUT2D eigenvalue weighted by molar-refractivity contribution is 7.98. The second-order valence-corrected chi connectivity index (χ2v) is 4.26. The number of imidazole rings is 2. The van der Waals surface area contributed by atoms with Crippen LogP contribution in [0.2, 0.25) is 0 Å². The van der Waals surface area contributed by atoms with Gasteiger partial charge in [0.15, 0.2) is 5.16 Å². The molecule has 0 fully saturated rings. The number of H-pyrrole nitrogens is 1. The number of aromatic nitrogens is 5. The monoisotopic (exact) mass is 246 g/mol. The van der Waals surface area contributed by atoms with E-state index in [-0.39, 0.29) is 0 Å². The molecule has 17 heavy (non-hydrogen) atoms. The largest absolute Gasteiger partial charge is 0.396 e. The number of nitrogens with zero attached hydrogens (tertiary/aromatic N) is 4. The average molecular weight is 246 g/mol. The molecule has 6 nitrogen and oxygen atoms in total. The van der Waals surface area contributed by atoms with E-state index >= 15 is 0 Å². The Hall–Kier alpha value is -2.02. The fraction of sp³-hybridized carbons (Fsp3) is 0.100. The van der Waals surface area contributed by atoms with Gasteiger partial charge >= 0.3 is 0 Å². The maximum absolute atomic E-state index is 5.88. The van der Waals surface area contributed by atoms with Crippen molar-refractivity contribution in [3.05, 3.63) is 24.8 Å². The van der Waals surface area contributed by atoms with Gasteiger partial charge in [0, 0.05) is 18.6 Å². The summed E-state index contributed by atoms with van der Waals surface area (Å²) in [4.78, 5) is 15.8. The lowest BCUT2D eigenvalue weighted by Gasteiger charge is -2.02. The third-order valence-corrected chi connectivity index (χ3v) is 2.98. The standard InChI is InChI=1S/C10H10N6S/c1-17-10-13-4-6(11)8(15-10)7-5-16-3-2-12-9(16)14-7/h2-5H,11H2,1H3,(H,12,14). The van der Waals surface area contributed by atoms with E-state index < -0.39 is 0 Å². The second kappa shape index (κ2) is 3.77. The molecule has 3 rings (SSSR count). The Bertz CT molecular complexity index is 642. The second-order valence-electron chi connectivity index (χ2n) is 3.49. The maximum atomic E-state index is 5.88. The van der Waals surface area contributed by atoms with Crippen LogP contribution in [0.3, 0.4) is 0 Å². The van der Waals surface area contributed by atoms with Crippen LogP contribution in [0.15, 0.2) is 29.9 Å². The molecule has 0 bridgehead atoms. The molecule has 0 aliphatic heterocycles. The molecule has 3 aromatic heterocycles. The Balaban J connectivity index is 2.17. The van der Waals surface area contributed by atoms with Crippen LogP contribution in [-0.4, -0.2) is 30.6 Å². The average Bonchev–Trinajstić information content (AvgIpc) is 2.90. The minimum atomic E-state index is 0.548. The summed E-state index contributed by atoms with van der Waals surface area (Å²) in [5.41, 5.74) is 7.97. The van der Waals surface area contributed by atoms with Gasteiger partial charge in [0.2, 0.25) is 5.78 Å². The summed E-state index contributed by atoms with van der Waals surface area (Å²) in [6, 6.07) is 0. The predicted molar refractivity (Wildman–Crippen MR) is 66.8 cm³/mol. The molecule has 0 atom stereocenters. The molecular weight excluding hydrogens is 236 g/mol. The zero-order chi connectivity index (χ0) is 11.8. The van der Waals surface area contributed by atoms with Crippen molar-refractivity contribution in [2.24, 2.45) is 0 Å². The third-order valence-electron chi connectivity index (χ3n) is 2.42. The molecule has 0 aromatic carbocycles. The van der Waals surface area contributed by atoms with E-state index in [9.17, 15) is 0 Å². The number of nitrogen functional groups attached to an aromatic ring is 1. The Morgan fingerprint density at radius 1 is 1.41 bits per heavy atom. The molecule has 0 aliphatic rings. The summed E-state index contributed by atoms with van der Waals surface area (Å²) >= 11 is 1.48. The summed E-state index contributed by atoms with van der Waals surface area (Å²) in [5, 5.41) is 0.696. The highest BCUT2D eigenvalue weighted by Gasteiger charge is 2.10. The van der Waals surface area contributed by atoms with Crippen LogP contribution in [-0.2, 0) is 0 Å². The molecule has 0 aliphatic carbocycles. The fourth-order valence-corrected chi connectivity index (χ4v) is 1.96. The quantitative estimate of drug-likeness (QED) is 0.527. The van der Waals surface area contributed by atoms with Gasteiger partial charge in [-0.1, -0.05) is 11.8 Å². The van der Waals surface area contributed by atoms with E-state index in [2.05, 4.69) is 19.9 Å². The summed E-state index contributed by atoms with van der Waals surface area (Å²) in [7, 11) is 0. The Morgan fingerprint density at radius 2 is 2.29 bits per heavy atom. The number of nitrogens with two attached hydrogens (primary N) is 1. The first-order chi connectivity index (χ1) is 8.28. The van der Waals surface area contributed by atoms with E-state index in [1.807, 2.05) is 23.1 Å². The molecule has 7 heteroatoms. The van der Waals surface area contributed by atoms with Gasteiger partial charge in [-0.25, -0.2) is 15.0 Å². The highest BCUT2D eigenvalue weighted by Crippen LogP contribution is 2.24. The predicted octanol–water partition coefficient (Wildman–Crippen LogP) is 1.42. The number of aromatic amines is 1. The highest BCUT2D eigenvalue weighted by atomic mass is 32.2.